The number of likely N-dealkylation sites (tertiary alicyclic amines) is 1. The van der Waals surface area contributed by atoms with Gasteiger partial charge in [0.15, 0.2) is 0 Å². The summed E-state index contributed by atoms with van der Waals surface area (Å²) in [6, 6.07) is 10.9. The number of pyridine rings is 1. The van der Waals surface area contributed by atoms with Crippen LogP contribution in [-0.4, -0.2) is 60.3 Å². The summed E-state index contributed by atoms with van der Waals surface area (Å²) in [5.74, 6) is 0.704. The molecule has 5 heterocycles. The molecule has 7 rings (SSSR count). The van der Waals surface area contributed by atoms with Gasteiger partial charge in [0.25, 0.3) is 0 Å². The Morgan fingerprint density at radius 2 is 1.81 bits per heavy atom. The van der Waals surface area contributed by atoms with Crippen LogP contribution in [0.2, 0.25) is 0 Å². The van der Waals surface area contributed by atoms with Crippen molar-refractivity contribution in [3.8, 4) is 11.1 Å². The van der Waals surface area contributed by atoms with Gasteiger partial charge in [0.05, 0.1) is 36.8 Å². The summed E-state index contributed by atoms with van der Waals surface area (Å²) in [5, 5.41) is 5.81. The molecule has 1 saturated carbocycles. The van der Waals surface area contributed by atoms with Gasteiger partial charge in [0.1, 0.15) is 0 Å². The van der Waals surface area contributed by atoms with Crippen LogP contribution >= 0.6 is 0 Å². The number of benzene rings is 1. The minimum absolute atomic E-state index is 0.0540. The summed E-state index contributed by atoms with van der Waals surface area (Å²) in [7, 11) is 1.43. The first-order valence-corrected chi connectivity index (χ1v) is 12.7. The van der Waals surface area contributed by atoms with Crippen LogP contribution in [0, 0.1) is 0 Å². The Balaban J connectivity index is 1.18. The Bertz CT molecular complexity index is 1630. The summed E-state index contributed by atoms with van der Waals surface area (Å²) in [4.78, 5) is 27.3. The fourth-order valence-electron chi connectivity index (χ4n) is 5.70. The highest BCUT2D eigenvalue weighted by Gasteiger charge is 2.48. The van der Waals surface area contributed by atoms with E-state index in [0.717, 1.165) is 47.7 Å². The van der Waals surface area contributed by atoms with Gasteiger partial charge >= 0.3 is 6.09 Å². The van der Waals surface area contributed by atoms with Crippen molar-refractivity contribution in [2.24, 2.45) is 0 Å². The first kappa shape index (κ1) is 22.0. The first-order chi connectivity index (χ1) is 18.1. The molecule has 2 fully saturated rings. The number of imidazole rings is 1. The number of rotatable bonds is 4. The number of carbonyl (C=O) groups is 1. The van der Waals surface area contributed by atoms with E-state index in [4.69, 9.17) is 4.74 Å². The third kappa shape index (κ3) is 3.64. The molecule has 9 heteroatoms. The molecule has 2 aliphatic rings. The Kier molecular flexibility index (Phi) is 4.99. The van der Waals surface area contributed by atoms with E-state index in [1.807, 2.05) is 35.5 Å². The third-order valence-corrected chi connectivity index (χ3v) is 7.97. The SMILES string of the molecule is COC(=O)N1CCC(n2cc(-c3cnc4ncc(C5(c6ccc7ncccc7c6)CC5)n4c3)cn2)CC1. The topological polar surface area (TPSA) is 90.4 Å². The normalized spacial score (nSPS) is 17.4. The van der Waals surface area contributed by atoms with Crippen LogP contribution in [0.15, 0.2) is 67.5 Å². The predicted octanol–water partition coefficient (Wildman–Crippen LogP) is 4.62. The lowest BCUT2D eigenvalue weighted by atomic mass is 9.91. The van der Waals surface area contributed by atoms with Gasteiger partial charge in [-0.3, -0.25) is 14.1 Å². The van der Waals surface area contributed by atoms with E-state index in [0.29, 0.717) is 18.9 Å². The largest absolute Gasteiger partial charge is 0.453 e. The van der Waals surface area contributed by atoms with E-state index < -0.39 is 0 Å². The number of ether oxygens (including phenoxy) is 1. The smallest absolute Gasteiger partial charge is 0.409 e. The van der Waals surface area contributed by atoms with Crippen LogP contribution in [0.3, 0.4) is 0 Å². The number of piperidine rings is 1. The van der Waals surface area contributed by atoms with Gasteiger partial charge in [0.2, 0.25) is 5.78 Å². The molecule has 0 N–H and O–H groups in total. The summed E-state index contributed by atoms with van der Waals surface area (Å²) in [5.41, 5.74) is 5.45. The van der Waals surface area contributed by atoms with E-state index in [-0.39, 0.29) is 17.6 Å². The summed E-state index contributed by atoms with van der Waals surface area (Å²) >= 11 is 0. The minimum Gasteiger partial charge on any atom is -0.453 e. The molecule has 0 radical (unpaired) electrons. The van der Waals surface area contributed by atoms with Crippen molar-refractivity contribution in [2.75, 3.05) is 20.2 Å². The standard InChI is InChI=1S/C28H27N7O2/c1-37-27(36)33-11-6-23(7-12-33)35-18-21(15-32-35)20-14-30-26-31-16-25(34(26)17-20)28(8-9-28)22-4-5-24-19(13-22)3-2-10-29-24/h2-5,10,13-18,23H,6-9,11-12H2,1H3. The molecule has 5 aromatic rings. The summed E-state index contributed by atoms with van der Waals surface area (Å²) in [6.07, 6.45) is 15.4. The highest BCUT2D eigenvalue weighted by molar-refractivity contribution is 5.79. The Morgan fingerprint density at radius 3 is 2.62 bits per heavy atom. The molecule has 186 valence electrons. The summed E-state index contributed by atoms with van der Waals surface area (Å²) in [6.45, 7) is 1.34. The van der Waals surface area contributed by atoms with Crippen molar-refractivity contribution in [2.45, 2.75) is 37.1 Å². The molecule has 9 nitrogen and oxygen atoms in total. The minimum atomic E-state index is -0.260. The molecule has 37 heavy (non-hydrogen) atoms. The molecule has 1 aromatic carbocycles. The van der Waals surface area contributed by atoms with Crippen molar-refractivity contribution in [3.05, 3.63) is 78.8 Å². The Morgan fingerprint density at radius 1 is 1.00 bits per heavy atom. The monoisotopic (exact) mass is 493 g/mol. The maximum atomic E-state index is 11.8. The van der Waals surface area contributed by atoms with Gasteiger partial charge in [-0.15, -0.1) is 0 Å². The van der Waals surface area contributed by atoms with Crippen molar-refractivity contribution >= 4 is 22.8 Å². The van der Waals surface area contributed by atoms with Crippen molar-refractivity contribution in [3.63, 3.8) is 0 Å². The highest BCUT2D eigenvalue weighted by atomic mass is 16.5. The molecule has 1 aliphatic carbocycles. The second kappa shape index (κ2) is 8.40. The number of methoxy groups -OCH3 is 1. The predicted molar refractivity (Wildman–Crippen MR) is 138 cm³/mol. The molecule has 1 amide bonds. The van der Waals surface area contributed by atoms with Gasteiger partial charge in [-0.2, -0.15) is 5.10 Å². The molecule has 0 bridgehead atoms. The number of hydrogen-bond acceptors (Lipinski definition) is 6. The molecule has 0 atom stereocenters. The lowest BCUT2D eigenvalue weighted by Crippen LogP contribution is -2.39. The zero-order valence-electron chi connectivity index (χ0n) is 20.6. The van der Waals surface area contributed by atoms with Crippen LogP contribution in [0.4, 0.5) is 4.79 Å². The van der Waals surface area contributed by atoms with Crippen LogP contribution in [0.25, 0.3) is 27.8 Å². The molecule has 4 aromatic heterocycles. The number of fused-ring (bicyclic) bond motifs is 2. The lowest BCUT2D eigenvalue weighted by molar-refractivity contribution is 0.105. The number of aromatic nitrogens is 6. The van der Waals surface area contributed by atoms with Gasteiger partial charge < -0.3 is 9.64 Å². The number of carbonyl (C=O) groups excluding carboxylic acids is 1. The van der Waals surface area contributed by atoms with Crippen molar-refractivity contribution in [1.29, 1.82) is 0 Å². The van der Waals surface area contributed by atoms with Crippen LogP contribution in [0.5, 0.6) is 0 Å². The van der Waals surface area contributed by atoms with E-state index >= 15 is 0 Å². The average molecular weight is 494 g/mol. The molecular formula is C28H27N7O2. The molecule has 0 unspecified atom stereocenters. The molecule has 1 saturated heterocycles. The molecular weight excluding hydrogens is 466 g/mol. The average Bonchev–Trinajstić information content (AvgIpc) is 3.40. The quantitative estimate of drug-likeness (QED) is 0.363. The van der Waals surface area contributed by atoms with Gasteiger partial charge in [-0.05, 0) is 49.4 Å². The van der Waals surface area contributed by atoms with E-state index in [2.05, 4.69) is 61.1 Å². The van der Waals surface area contributed by atoms with Crippen molar-refractivity contribution in [1.82, 2.24) is 34.0 Å². The molecule has 0 spiro atoms. The van der Waals surface area contributed by atoms with Crippen molar-refractivity contribution < 1.29 is 9.53 Å². The third-order valence-electron chi connectivity index (χ3n) is 7.97. The van der Waals surface area contributed by atoms with E-state index in [1.165, 1.54) is 18.4 Å². The number of hydrogen-bond donors (Lipinski definition) is 0. The molecule has 1 aliphatic heterocycles. The van der Waals surface area contributed by atoms with E-state index in [9.17, 15) is 4.79 Å². The number of nitrogens with zero attached hydrogens (tertiary/aromatic N) is 7. The zero-order chi connectivity index (χ0) is 25.0. The maximum absolute atomic E-state index is 11.8. The van der Waals surface area contributed by atoms with E-state index in [1.54, 1.807) is 4.90 Å². The fourth-order valence-corrected chi connectivity index (χ4v) is 5.70. The van der Waals surface area contributed by atoms with Crippen LogP contribution in [0.1, 0.15) is 43.0 Å². The fraction of sp³-hybridized carbons (Fsp3) is 0.321. The van der Waals surface area contributed by atoms with Gasteiger partial charge in [-0.25, -0.2) is 14.8 Å². The Labute approximate surface area is 213 Å². The number of amides is 1. The highest BCUT2D eigenvalue weighted by Crippen LogP contribution is 2.53. The first-order valence-electron chi connectivity index (χ1n) is 12.7. The second-order valence-corrected chi connectivity index (χ2v) is 10.0. The summed E-state index contributed by atoms with van der Waals surface area (Å²) < 4.78 is 9.02. The van der Waals surface area contributed by atoms with Gasteiger partial charge in [0, 0.05) is 59.8 Å². The van der Waals surface area contributed by atoms with Crippen LogP contribution in [-0.2, 0) is 10.2 Å². The van der Waals surface area contributed by atoms with Crippen LogP contribution < -0.4 is 0 Å². The Hall–Kier alpha value is -4.27. The maximum Gasteiger partial charge on any atom is 0.409 e. The lowest BCUT2D eigenvalue weighted by Gasteiger charge is -2.30. The van der Waals surface area contributed by atoms with Gasteiger partial charge in [-0.1, -0.05) is 12.1 Å². The second-order valence-electron chi connectivity index (χ2n) is 10.0. The zero-order valence-corrected chi connectivity index (χ0v) is 20.6.